The van der Waals surface area contributed by atoms with E-state index in [2.05, 4.69) is 10.3 Å². The average Bonchev–Trinajstić information content (AvgIpc) is 2.52. The smallest absolute Gasteiger partial charge is 0.321 e. The zero-order valence-corrected chi connectivity index (χ0v) is 12.5. The van der Waals surface area contributed by atoms with Crippen molar-refractivity contribution in [3.8, 4) is 0 Å². The summed E-state index contributed by atoms with van der Waals surface area (Å²) >= 11 is 5.77. The molecule has 0 aliphatic heterocycles. The molecule has 0 aliphatic rings. The lowest BCUT2D eigenvalue weighted by atomic mass is 10.0. The van der Waals surface area contributed by atoms with Gasteiger partial charge in [-0.2, -0.15) is 0 Å². The van der Waals surface area contributed by atoms with E-state index in [9.17, 15) is 14.7 Å². The van der Waals surface area contributed by atoms with E-state index in [1.54, 1.807) is 42.7 Å². The van der Waals surface area contributed by atoms with Crippen LogP contribution < -0.4 is 5.32 Å². The molecule has 2 rings (SSSR count). The predicted octanol–water partition coefficient (Wildman–Crippen LogP) is 2.55. The lowest BCUT2D eigenvalue weighted by Gasteiger charge is -2.13. The number of hydrogen-bond acceptors (Lipinski definition) is 4. The highest BCUT2D eigenvalue weighted by molar-refractivity contribution is 6.30. The number of carbonyl (C=O) groups is 2. The molecule has 0 fully saturated rings. The van der Waals surface area contributed by atoms with Crippen molar-refractivity contribution in [1.29, 1.82) is 0 Å². The molecule has 1 heterocycles. The van der Waals surface area contributed by atoms with E-state index in [4.69, 9.17) is 11.6 Å². The number of carboxylic acid groups (broad SMARTS) is 1. The van der Waals surface area contributed by atoms with Crippen LogP contribution in [0.3, 0.4) is 0 Å². The Kier molecular flexibility index (Phi) is 5.63. The number of pyridine rings is 1. The zero-order valence-electron chi connectivity index (χ0n) is 11.7. The quantitative estimate of drug-likeness (QED) is 0.767. The highest BCUT2D eigenvalue weighted by Gasteiger charge is 2.21. The van der Waals surface area contributed by atoms with Crippen molar-refractivity contribution in [2.24, 2.45) is 0 Å². The summed E-state index contributed by atoms with van der Waals surface area (Å²) in [6.07, 6.45) is 3.16. The lowest BCUT2D eigenvalue weighted by Crippen LogP contribution is -2.38. The largest absolute Gasteiger partial charge is 0.480 e. The standard InChI is InChI=1S/C16H15ClN2O3/c17-13-5-3-12(4-6-13)15(20)8-14(16(21)22)19-10-11-2-1-7-18-9-11/h1-7,9,14,19H,8,10H2,(H,21,22). The summed E-state index contributed by atoms with van der Waals surface area (Å²) in [5.41, 5.74) is 1.30. The maximum Gasteiger partial charge on any atom is 0.321 e. The molecular weight excluding hydrogens is 304 g/mol. The summed E-state index contributed by atoms with van der Waals surface area (Å²) in [5, 5.41) is 12.6. The molecule has 1 aromatic carbocycles. The van der Waals surface area contributed by atoms with Gasteiger partial charge in [0.1, 0.15) is 6.04 Å². The van der Waals surface area contributed by atoms with Crippen LogP contribution in [0.15, 0.2) is 48.8 Å². The van der Waals surface area contributed by atoms with Gasteiger partial charge in [-0.25, -0.2) is 0 Å². The fourth-order valence-corrected chi connectivity index (χ4v) is 2.06. The summed E-state index contributed by atoms with van der Waals surface area (Å²) in [4.78, 5) is 27.4. The molecule has 0 aliphatic carbocycles. The Balaban J connectivity index is 1.98. The lowest BCUT2D eigenvalue weighted by molar-refractivity contribution is -0.139. The second kappa shape index (κ2) is 7.68. The van der Waals surface area contributed by atoms with Crippen molar-refractivity contribution in [3.05, 3.63) is 64.9 Å². The van der Waals surface area contributed by atoms with E-state index >= 15 is 0 Å². The van der Waals surface area contributed by atoms with Crippen molar-refractivity contribution in [2.75, 3.05) is 0 Å². The number of benzene rings is 1. The van der Waals surface area contributed by atoms with E-state index < -0.39 is 12.0 Å². The van der Waals surface area contributed by atoms with Crippen molar-refractivity contribution >= 4 is 23.4 Å². The Morgan fingerprint density at radius 1 is 1.23 bits per heavy atom. The Morgan fingerprint density at radius 3 is 2.55 bits per heavy atom. The van der Waals surface area contributed by atoms with Gasteiger partial charge >= 0.3 is 5.97 Å². The number of nitrogens with zero attached hydrogens (tertiary/aromatic N) is 1. The van der Waals surface area contributed by atoms with Gasteiger partial charge in [-0.1, -0.05) is 17.7 Å². The van der Waals surface area contributed by atoms with Gasteiger partial charge in [-0.3, -0.25) is 19.9 Å². The molecule has 0 saturated carbocycles. The van der Waals surface area contributed by atoms with Crippen LogP contribution in [0.25, 0.3) is 0 Å². The molecule has 2 N–H and O–H groups in total. The first kappa shape index (κ1) is 16.1. The Morgan fingerprint density at radius 2 is 1.95 bits per heavy atom. The van der Waals surface area contributed by atoms with E-state index in [0.29, 0.717) is 17.1 Å². The average molecular weight is 319 g/mol. The highest BCUT2D eigenvalue weighted by Crippen LogP contribution is 2.12. The number of halogens is 1. The highest BCUT2D eigenvalue weighted by atomic mass is 35.5. The molecule has 1 unspecified atom stereocenters. The van der Waals surface area contributed by atoms with Crippen LogP contribution in [0.5, 0.6) is 0 Å². The monoisotopic (exact) mass is 318 g/mol. The van der Waals surface area contributed by atoms with Gasteiger partial charge in [-0.15, -0.1) is 0 Å². The van der Waals surface area contributed by atoms with Crippen LogP contribution in [-0.4, -0.2) is 27.9 Å². The number of hydrogen-bond donors (Lipinski definition) is 2. The summed E-state index contributed by atoms with van der Waals surface area (Å²) in [7, 11) is 0. The third kappa shape index (κ3) is 4.65. The number of aliphatic carboxylic acids is 1. The molecular formula is C16H15ClN2O3. The summed E-state index contributed by atoms with van der Waals surface area (Å²) in [5.74, 6) is -1.31. The maximum absolute atomic E-state index is 12.1. The van der Waals surface area contributed by atoms with E-state index in [1.165, 1.54) is 0 Å². The first-order chi connectivity index (χ1) is 10.6. The van der Waals surface area contributed by atoms with Crippen molar-refractivity contribution < 1.29 is 14.7 Å². The molecule has 0 radical (unpaired) electrons. The Labute approximate surface area is 133 Å². The molecule has 1 aromatic heterocycles. The summed E-state index contributed by atoms with van der Waals surface area (Å²) < 4.78 is 0. The number of aromatic nitrogens is 1. The van der Waals surface area contributed by atoms with Crippen molar-refractivity contribution in [2.45, 2.75) is 19.0 Å². The number of ketones is 1. The van der Waals surface area contributed by atoms with Gasteiger partial charge in [0.2, 0.25) is 0 Å². The van der Waals surface area contributed by atoms with E-state index in [1.807, 2.05) is 6.07 Å². The molecule has 0 bridgehead atoms. The van der Waals surface area contributed by atoms with Gasteiger partial charge in [0.15, 0.2) is 5.78 Å². The van der Waals surface area contributed by atoms with Gasteiger partial charge in [0, 0.05) is 35.9 Å². The normalized spacial score (nSPS) is 11.9. The molecule has 0 spiro atoms. The number of nitrogens with one attached hydrogen (secondary N) is 1. The van der Waals surface area contributed by atoms with Crippen LogP contribution in [-0.2, 0) is 11.3 Å². The molecule has 2 aromatic rings. The van der Waals surface area contributed by atoms with Crippen molar-refractivity contribution in [1.82, 2.24) is 10.3 Å². The minimum Gasteiger partial charge on any atom is -0.480 e. The Bertz CT molecular complexity index is 644. The third-order valence-electron chi connectivity index (χ3n) is 3.13. The third-order valence-corrected chi connectivity index (χ3v) is 3.38. The fourth-order valence-electron chi connectivity index (χ4n) is 1.93. The first-order valence-corrected chi connectivity index (χ1v) is 7.08. The van der Waals surface area contributed by atoms with Crippen LogP contribution in [0.1, 0.15) is 22.3 Å². The van der Waals surface area contributed by atoms with E-state index in [0.717, 1.165) is 5.56 Å². The van der Waals surface area contributed by atoms with Crippen LogP contribution in [0, 0.1) is 0 Å². The molecule has 114 valence electrons. The van der Waals surface area contributed by atoms with Gasteiger partial charge in [0.05, 0.1) is 0 Å². The summed E-state index contributed by atoms with van der Waals surface area (Å²) in [6, 6.07) is 9.03. The number of rotatable bonds is 7. The zero-order chi connectivity index (χ0) is 15.9. The van der Waals surface area contributed by atoms with E-state index in [-0.39, 0.29) is 12.2 Å². The van der Waals surface area contributed by atoms with Gasteiger partial charge in [0.25, 0.3) is 0 Å². The predicted molar refractivity (Wildman–Crippen MR) is 82.9 cm³/mol. The van der Waals surface area contributed by atoms with Crippen LogP contribution >= 0.6 is 11.6 Å². The molecule has 5 nitrogen and oxygen atoms in total. The fraction of sp³-hybridized carbons (Fsp3) is 0.188. The van der Waals surface area contributed by atoms with Crippen LogP contribution in [0.2, 0.25) is 5.02 Å². The number of carbonyl (C=O) groups excluding carboxylic acids is 1. The molecule has 1 atom stereocenters. The molecule has 0 amide bonds. The Hall–Kier alpha value is -2.24. The second-order valence-electron chi connectivity index (χ2n) is 4.77. The molecule has 6 heteroatoms. The van der Waals surface area contributed by atoms with Crippen LogP contribution in [0.4, 0.5) is 0 Å². The number of carboxylic acids is 1. The second-order valence-corrected chi connectivity index (χ2v) is 5.20. The maximum atomic E-state index is 12.1. The molecule has 0 saturated heterocycles. The van der Waals surface area contributed by atoms with Gasteiger partial charge in [-0.05, 0) is 35.9 Å². The minimum absolute atomic E-state index is 0.128. The first-order valence-electron chi connectivity index (χ1n) is 6.70. The topological polar surface area (TPSA) is 79.3 Å². The van der Waals surface area contributed by atoms with Gasteiger partial charge < -0.3 is 5.11 Å². The summed E-state index contributed by atoms with van der Waals surface area (Å²) in [6.45, 7) is 0.332. The SMILES string of the molecule is O=C(CC(NCc1cccnc1)C(=O)O)c1ccc(Cl)cc1. The minimum atomic E-state index is -1.06. The molecule has 22 heavy (non-hydrogen) atoms. The number of Topliss-reactive ketones (excluding diaryl/α,β-unsaturated/α-hetero) is 1. The van der Waals surface area contributed by atoms with Crippen molar-refractivity contribution in [3.63, 3.8) is 0 Å².